The quantitative estimate of drug-likeness (QED) is 0.323. The van der Waals surface area contributed by atoms with Crippen molar-refractivity contribution in [2.75, 3.05) is 0 Å². The summed E-state index contributed by atoms with van der Waals surface area (Å²) in [5.74, 6) is 6.09. The minimum Gasteiger partial charge on any atom is -0.353 e. The lowest BCUT2D eigenvalue weighted by Crippen LogP contribution is -2.44. The number of nitrogens with zero attached hydrogens (tertiary/aromatic N) is 1. The Labute approximate surface area is 103 Å². The van der Waals surface area contributed by atoms with Gasteiger partial charge in [0, 0.05) is 6.04 Å². The van der Waals surface area contributed by atoms with E-state index in [0.29, 0.717) is 12.0 Å². The van der Waals surface area contributed by atoms with Gasteiger partial charge in [-0.05, 0) is 25.8 Å². The van der Waals surface area contributed by atoms with Crippen LogP contribution in [0.2, 0.25) is 0 Å². The van der Waals surface area contributed by atoms with E-state index in [-0.39, 0.29) is 6.04 Å². The lowest BCUT2D eigenvalue weighted by molar-refractivity contribution is 0.657. The first-order chi connectivity index (χ1) is 8.17. The molecule has 0 radical (unpaired) electrons. The molecule has 0 heterocycles. The van der Waals surface area contributed by atoms with Gasteiger partial charge in [-0.1, -0.05) is 37.3 Å². The van der Waals surface area contributed by atoms with E-state index >= 15 is 0 Å². The maximum Gasteiger partial charge on any atom is 0.206 e. The molecule has 0 aromatic heterocycles. The molecule has 0 saturated carbocycles. The summed E-state index contributed by atoms with van der Waals surface area (Å²) < 4.78 is 0. The maximum absolute atomic E-state index is 5.46. The van der Waals surface area contributed by atoms with Crippen molar-refractivity contribution < 1.29 is 0 Å². The van der Waals surface area contributed by atoms with Crippen molar-refractivity contribution in [2.24, 2.45) is 10.8 Å². The average molecular weight is 234 g/mol. The number of rotatable bonds is 4. The van der Waals surface area contributed by atoms with Gasteiger partial charge in [-0.25, -0.2) is 10.8 Å². The first-order valence-corrected chi connectivity index (χ1v) is 6.03. The highest BCUT2D eigenvalue weighted by molar-refractivity contribution is 5.79. The smallest absolute Gasteiger partial charge is 0.206 e. The third-order valence-corrected chi connectivity index (χ3v) is 2.42. The second-order valence-corrected chi connectivity index (χ2v) is 4.26. The summed E-state index contributed by atoms with van der Waals surface area (Å²) in [6, 6.07) is 10.7. The molecular weight excluding hydrogens is 212 g/mol. The van der Waals surface area contributed by atoms with Gasteiger partial charge >= 0.3 is 0 Å². The monoisotopic (exact) mass is 234 g/mol. The van der Waals surface area contributed by atoms with E-state index in [1.54, 1.807) is 0 Å². The molecular formula is C13H22N4. The summed E-state index contributed by atoms with van der Waals surface area (Å²) in [4.78, 5) is 4.59. The first kappa shape index (κ1) is 13.5. The SMILES string of the molecule is CCC(N=C(NN)NC(C)C)c1ccccc1. The number of aliphatic imine (C=N–C) groups is 1. The van der Waals surface area contributed by atoms with Gasteiger partial charge in [0.15, 0.2) is 0 Å². The molecule has 4 heteroatoms. The summed E-state index contributed by atoms with van der Waals surface area (Å²) in [7, 11) is 0. The third-order valence-electron chi connectivity index (χ3n) is 2.42. The molecule has 1 unspecified atom stereocenters. The van der Waals surface area contributed by atoms with Gasteiger partial charge in [0.25, 0.3) is 0 Å². The number of nitrogens with two attached hydrogens (primary N) is 1. The summed E-state index contributed by atoms with van der Waals surface area (Å²) in [6.07, 6.45) is 0.939. The average Bonchev–Trinajstić information content (AvgIpc) is 2.35. The minimum absolute atomic E-state index is 0.133. The van der Waals surface area contributed by atoms with Crippen LogP contribution in [0.3, 0.4) is 0 Å². The van der Waals surface area contributed by atoms with Crippen LogP contribution in [0.4, 0.5) is 0 Å². The molecule has 94 valence electrons. The zero-order chi connectivity index (χ0) is 12.7. The van der Waals surface area contributed by atoms with E-state index in [2.05, 4.69) is 48.6 Å². The second kappa shape index (κ2) is 6.91. The molecule has 0 amide bonds. The topological polar surface area (TPSA) is 62.4 Å². The molecule has 1 rings (SSSR count). The van der Waals surface area contributed by atoms with E-state index in [1.807, 2.05) is 18.2 Å². The van der Waals surface area contributed by atoms with Crippen LogP contribution in [0.15, 0.2) is 35.3 Å². The molecule has 1 aromatic rings. The summed E-state index contributed by atoms with van der Waals surface area (Å²) in [6.45, 7) is 6.22. The molecule has 0 aliphatic carbocycles. The summed E-state index contributed by atoms with van der Waals surface area (Å²) >= 11 is 0. The molecule has 0 spiro atoms. The van der Waals surface area contributed by atoms with E-state index in [1.165, 1.54) is 5.56 Å². The van der Waals surface area contributed by atoms with Crippen LogP contribution < -0.4 is 16.6 Å². The largest absolute Gasteiger partial charge is 0.353 e. The van der Waals surface area contributed by atoms with Crippen LogP contribution in [0.1, 0.15) is 38.8 Å². The number of hydrogen-bond acceptors (Lipinski definition) is 2. The van der Waals surface area contributed by atoms with Crippen molar-refractivity contribution in [3.63, 3.8) is 0 Å². The fraction of sp³-hybridized carbons (Fsp3) is 0.462. The van der Waals surface area contributed by atoms with Crippen molar-refractivity contribution in [1.29, 1.82) is 0 Å². The summed E-state index contributed by atoms with van der Waals surface area (Å²) in [5.41, 5.74) is 3.81. The van der Waals surface area contributed by atoms with Gasteiger partial charge < -0.3 is 5.32 Å². The zero-order valence-electron chi connectivity index (χ0n) is 10.8. The Morgan fingerprint density at radius 1 is 1.29 bits per heavy atom. The van der Waals surface area contributed by atoms with Gasteiger partial charge in [0.2, 0.25) is 5.96 Å². The van der Waals surface area contributed by atoms with Crippen molar-refractivity contribution in [1.82, 2.24) is 10.7 Å². The number of hydrazine groups is 1. The molecule has 0 bridgehead atoms. The van der Waals surface area contributed by atoms with E-state index in [4.69, 9.17) is 5.84 Å². The normalized spacial score (nSPS) is 13.6. The standard InChI is InChI=1S/C13H22N4/c1-4-12(11-8-6-5-7-9-11)16-13(17-14)15-10(2)3/h5-10,12H,4,14H2,1-3H3,(H2,15,16,17). The maximum atomic E-state index is 5.46. The molecule has 4 nitrogen and oxygen atoms in total. The van der Waals surface area contributed by atoms with Gasteiger partial charge in [-0.15, -0.1) is 0 Å². The highest BCUT2D eigenvalue weighted by Crippen LogP contribution is 2.20. The Kier molecular flexibility index (Phi) is 5.49. The van der Waals surface area contributed by atoms with Crippen molar-refractivity contribution in [3.05, 3.63) is 35.9 Å². The number of nitrogens with one attached hydrogen (secondary N) is 2. The van der Waals surface area contributed by atoms with Crippen molar-refractivity contribution >= 4 is 5.96 Å². The lowest BCUT2D eigenvalue weighted by Gasteiger charge is -2.16. The Bertz CT molecular complexity index is 346. The van der Waals surface area contributed by atoms with Crippen molar-refractivity contribution in [2.45, 2.75) is 39.3 Å². The van der Waals surface area contributed by atoms with Crippen LogP contribution in [0.5, 0.6) is 0 Å². The van der Waals surface area contributed by atoms with Crippen molar-refractivity contribution in [3.8, 4) is 0 Å². The predicted molar refractivity (Wildman–Crippen MR) is 72.5 cm³/mol. The van der Waals surface area contributed by atoms with Gasteiger partial charge in [-0.3, -0.25) is 5.43 Å². The number of benzene rings is 1. The zero-order valence-corrected chi connectivity index (χ0v) is 10.8. The molecule has 1 aromatic carbocycles. The van der Waals surface area contributed by atoms with Gasteiger partial charge in [0.1, 0.15) is 0 Å². The molecule has 0 aliphatic rings. The minimum atomic E-state index is 0.133. The number of guanidine groups is 1. The highest BCUT2D eigenvalue weighted by atomic mass is 15.3. The van der Waals surface area contributed by atoms with Crippen LogP contribution in [-0.2, 0) is 0 Å². The Hall–Kier alpha value is -1.55. The molecule has 1 atom stereocenters. The fourth-order valence-corrected chi connectivity index (χ4v) is 1.62. The van der Waals surface area contributed by atoms with Crippen LogP contribution in [0.25, 0.3) is 0 Å². The number of hydrogen-bond donors (Lipinski definition) is 3. The summed E-state index contributed by atoms with van der Waals surface area (Å²) in [5, 5.41) is 3.18. The van der Waals surface area contributed by atoms with Crippen LogP contribution >= 0.6 is 0 Å². The van der Waals surface area contributed by atoms with E-state index < -0.39 is 0 Å². The Balaban J connectivity index is 2.83. The third kappa shape index (κ3) is 4.44. The molecule has 0 fully saturated rings. The second-order valence-electron chi connectivity index (χ2n) is 4.26. The van der Waals surface area contributed by atoms with Gasteiger partial charge in [-0.2, -0.15) is 0 Å². The highest BCUT2D eigenvalue weighted by Gasteiger charge is 2.08. The van der Waals surface area contributed by atoms with Gasteiger partial charge in [0.05, 0.1) is 6.04 Å². The van der Waals surface area contributed by atoms with Crippen LogP contribution in [0, 0.1) is 0 Å². The Morgan fingerprint density at radius 2 is 1.94 bits per heavy atom. The lowest BCUT2D eigenvalue weighted by atomic mass is 10.1. The predicted octanol–water partition coefficient (Wildman–Crippen LogP) is 1.95. The Morgan fingerprint density at radius 3 is 2.41 bits per heavy atom. The first-order valence-electron chi connectivity index (χ1n) is 6.03. The fourth-order valence-electron chi connectivity index (χ4n) is 1.62. The molecule has 0 saturated heterocycles. The molecule has 17 heavy (non-hydrogen) atoms. The molecule has 4 N–H and O–H groups in total. The van der Waals surface area contributed by atoms with E-state index in [0.717, 1.165) is 6.42 Å². The van der Waals surface area contributed by atoms with Crippen LogP contribution in [-0.4, -0.2) is 12.0 Å². The molecule has 0 aliphatic heterocycles. The van der Waals surface area contributed by atoms with E-state index in [9.17, 15) is 0 Å².